The molecule has 1 aromatic heterocycles. The number of ether oxygens (including phenoxy) is 1. The number of benzene rings is 1. The van der Waals surface area contributed by atoms with Crippen LogP contribution in [-0.2, 0) is 16.1 Å². The molecule has 1 N–H and O–H groups in total. The van der Waals surface area contributed by atoms with Crippen molar-refractivity contribution in [2.45, 2.75) is 19.4 Å². The number of nitrogens with zero attached hydrogens (tertiary/aromatic N) is 1. The first-order chi connectivity index (χ1) is 8.22. The SMILES string of the molecule is COC(=O)CCCn1c(=S)[nH]c2ccccc21. The molecule has 17 heavy (non-hydrogen) atoms. The van der Waals surface area contributed by atoms with Crippen molar-refractivity contribution in [3.05, 3.63) is 29.0 Å². The Hall–Kier alpha value is -1.62. The van der Waals surface area contributed by atoms with Crippen LogP contribution >= 0.6 is 12.2 Å². The Balaban J connectivity index is 2.15. The van der Waals surface area contributed by atoms with Gasteiger partial charge in [-0.05, 0) is 30.8 Å². The lowest BCUT2D eigenvalue weighted by Crippen LogP contribution is -2.04. The van der Waals surface area contributed by atoms with Gasteiger partial charge in [-0.15, -0.1) is 0 Å². The molecular formula is C12H14N2O2S. The van der Waals surface area contributed by atoms with Crippen molar-refractivity contribution in [3.63, 3.8) is 0 Å². The second-order valence-electron chi connectivity index (χ2n) is 3.78. The Morgan fingerprint density at radius 3 is 3.00 bits per heavy atom. The van der Waals surface area contributed by atoms with Gasteiger partial charge >= 0.3 is 5.97 Å². The first-order valence-corrected chi connectivity index (χ1v) is 5.87. The van der Waals surface area contributed by atoms with E-state index in [1.54, 1.807) is 0 Å². The van der Waals surface area contributed by atoms with Gasteiger partial charge in [-0.1, -0.05) is 12.1 Å². The predicted octanol–water partition coefficient (Wildman–Crippen LogP) is 2.65. The van der Waals surface area contributed by atoms with Crippen LogP contribution in [0.5, 0.6) is 0 Å². The Morgan fingerprint density at radius 2 is 2.24 bits per heavy atom. The van der Waals surface area contributed by atoms with Crippen LogP contribution in [0.25, 0.3) is 11.0 Å². The molecule has 2 rings (SSSR count). The highest BCUT2D eigenvalue weighted by Crippen LogP contribution is 2.14. The highest BCUT2D eigenvalue weighted by atomic mass is 32.1. The van der Waals surface area contributed by atoms with Crippen LogP contribution in [0.1, 0.15) is 12.8 Å². The van der Waals surface area contributed by atoms with E-state index >= 15 is 0 Å². The second kappa shape index (κ2) is 5.14. The van der Waals surface area contributed by atoms with E-state index in [9.17, 15) is 4.79 Å². The summed E-state index contributed by atoms with van der Waals surface area (Å²) in [5.41, 5.74) is 2.10. The molecule has 0 radical (unpaired) electrons. The third-order valence-corrected chi connectivity index (χ3v) is 2.99. The van der Waals surface area contributed by atoms with Gasteiger partial charge in [-0.3, -0.25) is 4.79 Å². The van der Waals surface area contributed by atoms with E-state index in [4.69, 9.17) is 12.2 Å². The van der Waals surface area contributed by atoms with Gasteiger partial charge in [0.25, 0.3) is 0 Å². The molecule has 1 aromatic carbocycles. The molecule has 0 aliphatic heterocycles. The molecule has 0 bridgehead atoms. The number of aryl methyl sites for hydroxylation is 1. The van der Waals surface area contributed by atoms with Crippen molar-refractivity contribution in [3.8, 4) is 0 Å². The largest absolute Gasteiger partial charge is 0.469 e. The van der Waals surface area contributed by atoms with Gasteiger partial charge in [0.15, 0.2) is 4.77 Å². The number of hydrogen-bond acceptors (Lipinski definition) is 3. The summed E-state index contributed by atoms with van der Waals surface area (Å²) in [6.45, 7) is 0.720. The average molecular weight is 250 g/mol. The maximum atomic E-state index is 11.0. The van der Waals surface area contributed by atoms with Gasteiger partial charge in [0.2, 0.25) is 0 Å². The van der Waals surface area contributed by atoms with Crippen molar-refractivity contribution in [2.75, 3.05) is 7.11 Å². The zero-order valence-electron chi connectivity index (χ0n) is 9.60. The number of aromatic amines is 1. The topological polar surface area (TPSA) is 47.0 Å². The van der Waals surface area contributed by atoms with Crippen LogP contribution in [0, 0.1) is 4.77 Å². The summed E-state index contributed by atoms with van der Waals surface area (Å²) < 4.78 is 7.30. The lowest BCUT2D eigenvalue weighted by atomic mass is 10.3. The van der Waals surface area contributed by atoms with Crippen molar-refractivity contribution >= 4 is 29.2 Å². The van der Waals surface area contributed by atoms with E-state index in [0.29, 0.717) is 11.2 Å². The number of aromatic nitrogens is 2. The fraction of sp³-hybridized carbons (Fsp3) is 0.333. The van der Waals surface area contributed by atoms with Crippen LogP contribution in [0.4, 0.5) is 0 Å². The number of para-hydroxylation sites is 2. The molecule has 0 saturated heterocycles. The number of esters is 1. The summed E-state index contributed by atoms with van der Waals surface area (Å²) in [6, 6.07) is 7.94. The molecule has 0 spiro atoms. The second-order valence-corrected chi connectivity index (χ2v) is 4.17. The van der Waals surface area contributed by atoms with Gasteiger partial charge in [0.1, 0.15) is 0 Å². The molecule has 0 aliphatic rings. The smallest absolute Gasteiger partial charge is 0.305 e. The Labute approximate surface area is 104 Å². The summed E-state index contributed by atoms with van der Waals surface area (Å²) in [5, 5.41) is 0. The van der Waals surface area contributed by atoms with Gasteiger partial charge in [-0.25, -0.2) is 0 Å². The Kier molecular flexibility index (Phi) is 3.58. The molecule has 0 amide bonds. The first-order valence-electron chi connectivity index (χ1n) is 5.46. The lowest BCUT2D eigenvalue weighted by molar-refractivity contribution is -0.140. The lowest BCUT2D eigenvalue weighted by Gasteiger charge is -2.03. The molecule has 0 aliphatic carbocycles. The standard InChI is InChI=1S/C12H14N2O2S/c1-16-11(15)7-4-8-14-10-6-3-2-5-9(10)13-12(14)17/h2-3,5-6H,4,7-8H2,1H3,(H,13,17). The number of H-pyrrole nitrogens is 1. The van der Waals surface area contributed by atoms with Crippen molar-refractivity contribution < 1.29 is 9.53 Å². The zero-order valence-corrected chi connectivity index (χ0v) is 10.4. The highest BCUT2D eigenvalue weighted by molar-refractivity contribution is 7.71. The van der Waals surface area contributed by atoms with Crippen LogP contribution in [0.3, 0.4) is 0 Å². The Bertz CT molecular complexity index is 585. The van der Waals surface area contributed by atoms with E-state index in [2.05, 4.69) is 9.72 Å². The molecule has 0 unspecified atom stereocenters. The molecule has 5 heteroatoms. The number of methoxy groups -OCH3 is 1. The van der Waals surface area contributed by atoms with E-state index in [0.717, 1.165) is 24.0 Å². The summed E-state index contributed by atoms with van der Waals surface area (Å²) in [4.78, 5) is 14.2. The summed E-state index contributed by atoms with van der Waals surface area (Å²) in [5.74, 6) is -0.184. The number of imidazole rings is 1. The van der Waals surface area contributed by atoms with E-state index in [-0.39, 0.29) is 5.97 Å². The normalized spacial score (nSPS) is 10.6. The minimum Gasteiger partial charge on any atom is -0.469 e. The molecule has 0 saturated carbocycles. The van der Waals surface area contributed by atoms with Crippen molar-refractivity contribution in [2.24, 2.45) is 0 Å². The van der Waals surface area contributed by atoms with E-state index < -0.39 is 0 Å². The minimum atomic E-state index is -0.184. The van der Waals surface area contributed by atoms with Crippen molar-refractivity contribution in [1.82, 2.24) is 9.55 Å². The Morgan fingerprint density at radius 1 is 1.47 bits per heavy atom. The number of nitrogens with one attached hydrogen (secondary N) is 1. The number of hydrogen-bond donors (Lipinski definition) is 1. The summed E-state index contributed by atoms with van der Waals surface area (Å²) in [7, 11) is 1.40. The number of carbonyl (C=O) groups is 1. The zero-order chi connectivity index (χ0) is 12.3. The summed E-state index contributed by atoms with van der Waals surface area (Å²) >= 11 is 5.25. The molecule has 0 atom stereocenters. The number of fused-ring (bicyclic) bond motifs is 1. The van der Waals surface area contributed by atoms with Crippen LogP contribution in [0.2, 0.25) is 0 Å². The van der Waals surface area contributed by atoms with Gasteiger partial charge in [0, 0.05) is 13.0 Å². The number of rotatable bonds is 4. The summed E-state index contributed by atoms with van der Waals surface area (Å²) in [6.07, 6.45) is 1.14. The third kappa shape index (κ3) is 2.55. The molecule has 90 valence electrons. The molecule has 2 aromatic rings. The van der Waals surface area contributed by atoms with Gasteiger partial charge in [0.05, 0.1) is 18.1 Å². The van der Waals surface area contributed by atoms with Crippen molar-refractivity contribution in [1.29, 1.82) is 0 Å². The maximum absolute atomic E-state index is 11.0. The number of carbonyl (C=O) groups excluding carboxylic acids is 1. The molecule has 1 heterocycles. The molecule has 0 fully saturated rings. The molecule has 4 nitrogen and oxygen atoms in total. The van der Waals surface area contributed by atoms with Gasteiger partial charge in [-0.2, -0.15) is 0 Å². The average Bonchev–Trinajstić information content (AvgIpc) is 2.66. The van der Waals surface area contributed by atoms with Gasteiger partial charge < -0.3 is 14.3 Å². The monoisotopic (exact) mass is 250 g/mol. The predicted molar refractivity (Wildman–Crippen MR) is 68.4 cm³/mol. The fourth-order valence-corrected chi connectivity index (χ4v) is 2.11. The quantitative estimate of drug-likeness (QED) is 0.670. The van der Waals surface area contributed by atoms with Crippen LogP contribution in [-0.4, -0.2) is 22.6 Å². The van der Waals surface area contributed by atoms with Crippen LogP contribution in [0.15, 0.2) is 24.3 Å². The fourth-order valence-electron chi connectivity index (χ4n) is 1.81. The minimum absolute atomic E-state index is 0.184. The van der Waals surface area contributed by atoms with Crippen LogP contribution < -0.4 is 0 Å². The third-order valence-electron chi connectivity index (χ3n) is 2.67. The highest BCUT2D eigenvalue weighted by Gasteiger charge is 2.05. The van der Waals surface area contributed by atoms with E-state index in [1.807, 2.05) is 28.8 Å². The maximum Gasteiger partial charge on any atom is 0.305 e. The first kappa shape index (κ1) is 11.9. The van der Waals surface area contributed by atoms with E-state index in [1.165, 1.54) is 7.11 Å². The molecular weight excluding hydrogens is 236 g/mol.